The lowest BCUT2D eigenvalue weighted by Gasteiger charge is -2.29. The maximum absolute atomic E-state index is 13.1. The maximum Gasteiger partial charge on any atom is 0.242 e. The molecule has 0 saturated carbocycles. The minimum atomic E-state index is -0.581. The molecule has 5 heteroatoms. The van der Waals surface area contributed by atoms with Gasteiger partial charge in [-0.3, -0.25) is 9.59 Å². The van der Waals surface area contributed by atoms with Gasteiger partial charge in [-0.1, -0.05) is 48.0 Å². The lowest BCUT2D eigenvalue weighted by atomic mass is 10.0. The maximum atomic E-state index is 13.1. The number of amides is 2. The minimum Gasteiger partial charge on any atom is -0.352 e. The SMILES string of the molecule is Cc1ccccc1CC(=O)N(Cc1cccc(Cl)c1)[C@H](C)C(=O)NC(C)C. The van der Waals surface area contributed by atoms with Gasteiger partial charge in [-0.2, -0.15) is 0 Å². The number of rotatable bonds is 7. The molecular weight excluding hydrogens is 360 g/mol. The van der Waals surface area contributed by atoms with Gasteiger partial charge in [-0.05, 0) is 56.5 Å². The van der Waals surface area contributed by atoms with Crippen LogP contribution in [0.2, 0.25) is 5.02 Å². The highest BCUT2D eigenvalue weighted by Gasteiger charge is 2.26. The fraction of sp³-hybridized carbons (Fsp3) is 0.364. The first-order valence-electron chi connectivity index (χ1n) is 9.16. The van der Waals surface area contributed by atoms with Gasteiger partial charge in [0.25, 0.3) is 0 Å². The third-order valence-electron chi connectivity index (χ3n) is 4.44. The highest BCUT2D eigenvalue weighted by molar-refractivity contribution is 6.30. The third kappa shape index (κ3) is 6.10. The number of carbonyl (C=O) groups excluding carboxylic acids is 2. The number of hydrogen-bond acceptors (Lipinski definition) is 2. The molecule has 0 bridgehead atoms. The van der Waals surface area contributed by atoms with Gasteiger partial charge in [0, 0.05) is 17.6 Å². The van der Waals surface area contributed by atoms with Crippen molar-refractivity contribution in [3.05, 3.63) is 70.2 Å². The van der Waals surface area contributed by atoms with Crippen molar-refractivity contribution in [1.82, 2.24) is 10.2 Å². The van der Waals surface area contributed by atoms with Crippen LogP contribution in [0, 0.1) is 6.92 Å². The van der Waals surface area contributed by atoms with Gasteiger partial charge in [-0.25, -0.2) is 0 Å². The van der Waals surface area contributed by atoms with Crippen LogP contribution >= 0.6 is 11.6 Å². The lowest BCUT2D eigenvalue weighted by Crippen LogP contribution is -2.49. The first-order chi connectivity index (χ1) is 12.8. The van der Waals surface area contributed by atoms with Crippen LogP contribution in [0.4, 0.5) is 0 Å². The summed E-state index contributed by atoms with van der Waals surface area (Å²) in [4.78, 5) is 27.3. The smallest absolute Gasteiger partial charge is 0.242 e. The van der Waals surface area contributed by atoms with E-state index in [1.165, 1.54) is 0 Å². The van der Waals surface area contributed by atoms with Gasteiger partial charge in [0.15, 0.2) is 0 Å². The zero-order chi connectivity index (χ0) is 20.0. The Morgan fingerprint density at radius 1 is 1.07 bits per heavy atom. The van der Waals surface area contributed by atoms with Crippen LogP contribution < -0.4 is 5.32 Å². The number of carbonyl (C=O) groups is 2. The van der Waals surface area contributed by atoms with Crippen molar-refractivity contribution < 1.29 is 9.59 Å². The van der Waals surface area contributed by atoms with Crippen molar-refractivity contribution in [3.8, 4) is 0 Å². The summed E-state index contributed by atoms with van der Waals surface area (Å²) in [7, 11) is 0. The normalized spacial score (nSPS) is 11.9. The number of halogens is 1. The van der Waals surface area contributed by atoms with E-state index in [-0.39, 0.29) is 24.3 Å². The summed E-state index contributed by atoms with van der Waals surface area (Å²) in [5.74, 6) is -0.249. The molecule has 0 heterocycles. The van der Waals surface area contributed by atoms with Crippen molar-refractivity contribution >= 4 is 23.4 Å². The van der Waals surface area contributed by atoms with E-state index in [2.05, 4.69) is 5.32 Å². The Kier molecular flexibility index (Phi) is 7.43. The number of nitrogens with one attached hydrogen (secondary N) is 1. The Balaban J connectivity index is 2.26. The van der Waals surface area contributed by atoms with Crippen molar-refractivity contribution in [3.63, 3.8) is 0 Å². The standard InChI is InChI=1S/C22H27ClN2O2/c1-15(2)24-22(27)17(4)25(14-18-9-7-11-20(23)12-18)21(26)13-19-10-6-5-8-16(19)3/h5-12,15,17H,13-14H2,1-4H3,(H,24,27)/t17-/m1/s1. The van der Waals surface area contributed by atoms with Crippen LogP contribution in [0.3, 0.4) is 0 Å². The summed E-state index contributed by atoms with van der Waals surface area (Å²) in [5, 5.41) is 3.50. The van der Waals surface area contributed by atoms with Gasteiger partial charge in [0.1, 0.15) is 6.04 Å². The molecule has 2 aromatic carbocycles. The largest absolute Gasteiger partial charge is 0.352 e. The van der Waals surface area contributed by atoms with E-state index < -0.39 is 6.04 Å². The number of aryl methyl sites for hydroxylation is 1. The molecule has 0 aliphatic carbocycles. The van der Waals surface area contributed by atoms with Gasteiger partial charge in [-0.15, -0.1) is 0 Å². The topological polar surface area (TPSA) is 49.4 Å². The molecule has 0 saturated heterocycles. The van der Waals surface area contributed by atoms with Crippen LogP contribution in [0.15, 0.2) is 48.5 Å². The van der Waals surface area contributed by atoms with E-state index >= 15 is 0 Å². The summed E-state index contributed by atoms with van der Waals surface area (Å²) in [6.45, 7) is 7.89. The molecule has 0 spiro atoms. The van der Waals surface area contributed by atoms with E-state index in [0.29, 0.717) is 11.6 Å². The average Bonchev–Trinajstić information content (AvgIpc) is 2.60. The molecule has 2 aromatic rings. The summed E-state index contributed by atoms with van der Waals surface area (Å²) >= 11 is 6.09. The molecule has 4 nitrogen and oxygen atoms in total. The molecule has 0 unspecified atom stereocenters. The summed E-state index contributed by atoms with van der Waals surface area (Å²) in [5.41, 5.74) is 2.92. The van der Waals surface area contributed by atoms with E-state index in [1.807, 2.05) is 63.2 Å². The van der Waals surface area contributed by atoms with E-state index in [9.17, 15) is 9.59 Å². The monoisotopic (exact) mass is 386 g/mol. The predicted molar refractivity (Wildman–Crippen MR) is 110 cm³/mol. The van der Waals surface area contributed by atoms with Crippen molar-refractivity contribution in [2.24, 2.45) is 0 Å². The Bertz CT molecular complexity index is 804. The van der Waals surface area contributed by atoms with Crippen LogP contribution in [0.1, 0.15) is 37.5 Å². The third-order valence-corrected chi connectivity index (χ3v) is 4.68. The lowest BCUT2D eigenvalue weighted by molar-refractivity contribution is -0.140. The summed E-state index contributed by atoms with van der Waals surface area (Å²) in [6, 6.07) is 14.6. The molecule has 0 radical (unpaired) electrons. The summed E-state index contributed by atoms with van der Waals surface area (Å²) < 4.78 is 0. The molecule has 0 aliphatic rings. The summed E-state index contributed by atoms with van der Waals surface area (Å²) in [6.07, 6.45) is 0.256. The van der Waals surface area contributed by atoms with Crippen LogP contribution in [0.25, 0.3) is 0 Å². The minimum absolute atomic E-state index is 0.0134. The molecule has 1 N–H and O–H groups in total. The second-order valence-corrected chi connectivity index (χ2v) is 7.53. The first kappa shape index (κ1) is 21.0. The van der Waals surface area contributed by atoms with E-state index in [1.54, 1.807) is 17.9 Å². The predicted octanol–water partition coefficient (Wildman–Crippen LogP) is 4.13. The Morgan fingerprint density at radius 3 is 2.41 bits per heavy atom. The first-order valence-corrected chi connectivity index (χ1v) is 9.54. The van der Waals surface area contributed by atoms with Gasteiger partial charge in [0.05, 0.1) is 6.42 Å². The fourth-order valence-electron chi connectivity index (χ4n) is 2.89. The van der Waals surface area contributed by atoms with Crippen molar-refractivity contribution in [2.75, 3.05) is 0 Å². The molecule has 2 rings (SSSR count). The molecule has 2 amide bonds. The second kappa shape index (κ2) is 9.56. The van der Waals surface area contributed by atoms with Crippen LogP contribution in [-0.2, 0) is 22.6 Å². The molecule has 0 aromatic heterocycles. The molecule has 0 fully saturated rings. The Morgan fingerprint density at radius 2 is 1.78 bits per heavy atom. The zero-order valence-electron chi connectivity index (χ0n) is 16.3. The van der Waals surface area contributed by atoms with Gasteiger partial charge < -0.3 is 10.2 Å². The Hall–Kier alpha value is -2.33. The fourth-order valence-corrected chi connectivity index (χ4v) is 3.11. The second-order valence-electron chi connectivity index (χ2n) is 7.09. The number of nitrogens with zero attached hydrogens (tertiary/aromatic N) is 1. The highest BCUT2D eigenvalue weighted by Crippen LogP contribution is 2.17. The highest BCUT2D eigenvalue weighted by atomic mass is 35.5. The molecule has 27 heavy (non-hydrogen) atoms. The number of hydrogen-bond donors (Lipinski definition) is 1. The van der Waals surface area contributed by atoms with Crippen LogP contribution in [0.5, 0.6) is 0 Å². The van der Waals surface area contributed by atoms with Gasteiger partial charge >= 0.3 is 0 Å². The molecular formula is C22H27ClN2O2. The Labute approximate surface area is 166 Å². The molecule has 144 valence electrons. The van der Waals surface area contributed by atoms with Gasteiger partial charge in [0.2, 0.25) is 11.8 Å². The van der Waals surface area contributed by atoms with Crippen molar-refractivity contribution in [1.29, 1.82) is 0 Å². The zero-order valence-corrected chi connectivity index (χ0v) is 17.1. The average molecular weight is 387 g/mol. The van der Waals surface area contributed by atoms with E-state index in [0.717, 1.165) is 16.7 Å². The number of benzene rings is 2. The van der Waals surface area contributed by atoms with E-state index in [4.69, 9.17) is 11.6 Å². The van der Waals surface area contributed by atoms with Crippen molar-refractivity contribution in [2.45, 2.75) is 52.7 Å². The molecule has 0 aliphatic heterocycles. The molecule has 1 atom stereocenters. The van der Waals surface area contributed by atoms with Crippen LogP contribution in [-0.4, -0.2) is 28.8 Å². The quantitative estimate of drug-likeness (QED) is 0.777.